The Morgan fingerprint density at radius 2 is 2.10 bits per heavy atom. The molecule has 0 spiro atoms. The van der Waals surface area contributed by atoms with Gasteiger partial charge >= 0.3 is 5.69 Å². The smallest absolute Gasteiger partial charge is 0.325 e. The third-order valence-corrected chi connectivity index (χ3v) is 3.22. The highest BCUT2D eigenvalue weighted by molar-refractivity contribution is 5.93. The van der Waals surface area contributed by atoms with Crippen molar-refractivity contribution in [2.45, 2.75) is 18.9 Å². The molecule has 0 saturated carbocycles. The van der Waals surface area contributed by atoms with E-state index in [1.54, 1.807) is 4.90 Å². The van der Waals surface area contributed by atoms with Crippen molar-refractivity contribution in [3.8, 4) is 0 Å². The first-order valence-corrected chi connectivity index (χ1v) is 6.45. The molecule has 0 aliphatic carbocycles. The minimum absolute atomic E-state index is 0.0219. The number of carbonyl (C=O) groups is 1. The SMILES string of the molecule is O=C(c1c[nH]c(=O)[nH]c1=O)N1CCC(OCCO)CC1. The van der Waals surface area contributed by atoms with Gasteiger partial charge in [-0.2, -0.15) is 0 Å². The number of likely N-dealkylation sites (tertiary alicyclic amines) is 1. The van der Waals surface area contributed by atoms with Gasteiger partial charge in [0.25, 0.3) is 11.5 Å². The van der Waals surface area contributed by atoms with Gasteiger partial charge in [-0.05, 0) is 12.8 Å². The zero-order chi connectivity index (χ0) is 14.5. The number of aromatic nitrogens is 2. The predicted molar refractivity (Wildman–Crippen MR) is 69.6 cm³/mol. The van der Waals surface area contributed by atoms with E-state index in [-0.39, 0.29) is 24.9 Å². The van der Waals surface area contributed by atoms with Gasteiger partial charge in [0, 0.05) is 19.3 Å². The van der Waals surface area contributed by atoms with E-state index in [0.717, 1.165) is 6.20 Å². The fourth-order valence-electron chi connectivity index (χ4n) is 2.18. The average Bonchev–Trinajstić information content (AvgIpc) is 2.45. The molecule has 1 aliphatic rings. The maximum Gasteiger partial charge on any atom is 0.325 e. The van der Waals surface area contributed by atoms with Crippen molar-refractivity contribution in [3.05, 3.63) is 32.6 Å². The molecular formula is C12H17N3O5. The first-order chi connectivity index (χ1) is 9.61. The molecule has 0 aromatic carbocycles. The fourth-order valence-corrected chi connectivity index (χ4v) is 2.18. The van der Waals surface area contributed by atoms with Gasteiger partial charge in [0.15, 0.2) is 0 Å². The first kappa shape index (κ1) is 14.5. The second-order valence-electron chi connectivity index (χ2n) is 4.57. The molecule has 2 rings (SSSR count). The normalized spacial score (nSPS) is 16.4. The lowest BCUT2D eigenvalue weighted by Gasteiger charge is -2.31. The largest absolute Gasteiger partial charge is 0.394 e. The van der Waals surface area contributed by atoms with E-state index in [2.05, 4.69) is 4.98 Å². The summed E-state index contributed by atoms with van der Waals surface area (Å²) in [6, 6.07) is 0. The summed E-state index contributed by atoms with van der Waals surface area (Å²) in [7, 11) is 0. The van der Waals surface area contributed by atoms with E-state index in [9.17, 15) is 14.4 Å². The number of amides is 1. The van der Waals surface area contributed by atoms with Gasteiger partial charge in [0.1, 0.15) is 5.56 Å². The minimum atomic E-state index is -0.683. The van der Waals surface area contributed by atoms with Crippen molar-refractivity contribution in [3.63, 3.8) is 0 Å². The highest BCUT2D eigenvalue weighted by Gasteiger charge is 2.25. The standard InChI is InChI=1S/C12H17N3O5/c16-5-6-20-8-1-3-15(4-2-8)11(18)9-7-13-12(19)14-10(9)17/h7-8,16H,1-6H2,(H2,13,14,17,19). The van der Waals surface area contributed by atoms with Crippen LogP contribution >= 0.6 is 0 Å². The topological polar surface area (TPSA) is 115 Å². The molecular weight excluding hydrogens is 266 g/mol. The summed E-state index contributed by atoms with van der Waals surface area (Å²) in [5.74, 6) is -0.400. The number of nitrogens with zero attached hydrogens (tertiary/aromatic N) is 1. The van der Waals surface area contributed by atoms with E-state index in [0.29, 0.717) is 25.9 Å². The molecule has 0 unspecified atom stereocenters. The van der Waals surface area contributed by atoms with Crippen LogP contribution < -0.4 is 11.2 Å². The molecule has 110 valence electrons. The van der Waals surface area contributed by atoms with Crippen LogP contribution in [-0.2, 0) is 4.74 Å². The third-order valence-electron chi connectivity index (χ3n) is 3.22. The van der Waals surface area contributed by atoms with Crippen molar-refractivity contribution < 1.29 is 14.6 Å². The van der Waals surface area contributed by atoms with Crippen molar-refractivity contribution in [1.82, 2.24) is 14.9 Å². The van der Waals surface area contributed by atoms with Crippen LogP contribution in [0.15, 0.2) is 15.8 Å². The summed E-state index contributed by atoms with van der Waals surface area (Å²) in [6.45, 7) is 1.23. The monoisotopic (exact) mass is 283 g/mol. The van der Waals surface area contributed by atoms with Crippen molar-refractivity contribution in [2.24, 2.45) is 0 Å². The second-order valence-corrected chi connectivity index (χ2v) is 4.57. The number of aromatic amines is 2. The number of aliphatic hydroxyl groups is 1. The maximum absolute atomic E-state index is 12.2. The van der Waals surface area contributed by atoms with Gasteiger partial charge in [-0.3, -0.25) is 14.6 Å². The van der Waals surface area contributed by atoms with Crippen LogP contribution in [0.2, 0.25) is 0 Å². The zero-order valence-corrected chi connectivity index (χ0v) is 10.9. The highest BCUT2D eigenvalue weighted by atomic mass is 16.5. The van der Waals surface area contributed by atoms with Crippen LogP contribution in [0.3, 0.4) is 0 Å². The fraction of sp³-hybridized carbons (Fsp3) is 0.583. The number of rotatable bonds is 4. The summed E-state index contributed by atoms with van der Waals surface area (Å²) in [5, 5.41) is 8.68. The molecule has 1 aliphatic heterocycles. The molecule has 1 amide bonds. The van der Waals surface area contributed by atoms with Gasteiger partial charge < -0.3 is 19.7 Å². The number of carbonyl (C=O) groups excluding carboxylic acids is 1. The number of ether oxygens (including phenoxy) is 1. The predicted octanol–water partition coefficient (Wildman–Crippen LogP) is -1.32. The van der Waals surface area contributed by atoms with E-state index >= 15 is 0 Å². The highest BCUT2D eigenvalue weighted by Crippen LogP contribution is 2.14. The molecule has 20 heavy (non-hydrogen) atoms. The first-order valence-electron chi connectivity index (χ1n) is 6.45. The van der Waals surface area contributed by atoms with Gasteiger partial charge in [-0.1, -0.05) is 0 Å². The van der Waals surface area contributed by atoms with Crippen LogP contribution in [0, 0.1) is 0 Å². The zero-order valence-electron chi connectivity index (χ0n) is 10.9. The number of hydrogen-bond acceptors (Lipinski definition) is 5. The number of hydrogen-bond donors (Lipinski definition) is 3. The summed E-state index contributed by atoms with van der Waals surface area (Å²) >= 11 is 0. The molecule has 1 fully saturated rings. The molecule has 0 bridgehead atoms. The summed E-state index contributed by atoms with van der Waals surface area (Å²) in [4.78, 5) is 40.5. The van der Waals surface area contributed by atoms with Crippen LogP contribution in [0.1, 0.15) is 23.2 Å². The Kier molecular flexibility index (Phi) is 4.70. The Balaban J connectivity index is 1.98. The second kappa shape index (κ2) is 6.49. The summed E-state index contributed by atoms with van der Waals surface area (Å²) < 4.78 is 5.40. The lowest BCUT2D eigenvalue weighted by atomic mass is 10.1. The van der Waals surface area contributed by atoms with Gasteiger partial charge in [-0.25, -0.2) is 4.79 Å². The molecule has 1 aromatic heterocycles. The number of aliphatic hydroxyl groups excluding tert-OH is 1. The number of piperidine rings is 1. The molecule has 0 radical (unpaired) electrons. The van der Waals surface area contributed by atoms with Gasteiger partial charge in [-0.15, -0.1) is 0 Å². The Morgan fingerprint density at radius 3 is 2.70 bits per heavy atom. The quantitative estimate of drug-likeness (QED) is 0.633. The van der Waals surface area contributed by atoms with Crippen LogP contribution in [-0.4, -0.2) is 58.3 Å². The molecule has 1 saturated heterocycles. The van der Waals surface area contributed by atoms with E-state index in [1.807, 2.05) is 4.98 Å². The third kappa shape index (κ3) is 3.34. The Morgan fingerprint density at radius 1 is 1.40 bits per heavy atom. The molecule has 1 aromatic rings. The Hall–Kier alpha value is -1.93. The van der Waals surface area contributed by atoms with Gasteiger partial charge in [0.2, 0.25) is 0 Å². The molecule has 8 heteroatoms. The molecule has 2 heterocycles. The summed E-state index contributed by atoms with van der Waals surface area (Å²) in [5.41, 5.74) is -1.39. The van der Waals surface area contributed by atoms with Crippen LogP contribution in [0.25, 0.3) is 0 Å². The molecule has 8 nitrogen and oxygen atoms in total. The Labute approximate surface area is 114 Å². The van der Waals surface area contributed by atoms with Crippen LogP contribution in [0.4, 0.5) is 0 Å². The van der Waals surface area contributed by atoms with Crippen molar-refractivity contribution >= 4 is 5.91 Å². The minimum Gasteiger partial charge on any atom is -0.394 e. The lowest BCUT2D eigenvalue weighted by Crippen LogP contribution is -2.43. The van der Waals surface area contributed by atoms with E-state index in [1.165, 1.54) is 0 Å². The summed E-state index contributed by atoms with van der Waals surface area (Å²) in [6.07, 6.45) is 2.48. The maximum atomic E-state index is 12.2. The van der Waals surface area contributed by atoms with Gasteiger partial charge in [0.05, 0.1) is 19.3 Å². The number of nitrogens with one attached hydrogen (secondary N) is 2. The van der Waals surface area contributed by atoms with E-state index in [4.69, 9.17) is 9.84 Å². The lowest BCUT2D eigenvalue weighted by molar-refractivity contribution is -0.00558. The molecule has 3 N–H and O–H groups in total. The van der Waals surface area contributed by atoms with Crippen molar-refractivity contribution in [2.75, 3.05) is 26.3 Å². The number of H-pyrrole nitrogens is 2. The molecule has 0 atom stereocenters. The Bertz CT molecular complexity index is 571. The van der Waals surface area contributed by atoms with Crippen molar-refractivity contribution in [1.29, 1.82) is 0 Å². The van der Waals surface area contributed by atoms with Crippen LogP contribution in [0.5, 0.6) is 0 Å². The van der Waals surface area contributed by atoms with E-state index < -0.39 is 17.2 Å². The average molecular weight is 283 g/mol.